The van der Waals surface area contributed by atoms with E-state index in [4.69, 9.17) is 40.7 Å². The summed E-state index contributed by atoms with van der Waals surface area (Å²) in [6, 6.07) is 25.4. The van der Waals surface area contributed by atoms with Gasteiger partial charge in [-0.05, 0) is 150 Å². The average Bonchev–Trinajstić information content (AvgIpc) is 4.14. The molecule has 1 saturated carbocycles. The minimum Gasteiger partial charge on any atom is -0.483 e. The van der Waals surface area contributed by atoms with Crippen molar-refractivity contribution in [1.29, 1.82) is 0 Å². The first-order chi connectivity index (χ1) is 37.4. The van der Waals surface area contributed by atoms with E-state index in [0.717, 1.165) is 140 Å². The molecule has 2 aliphatic heterocycles. The Kier molecular flexibility index (Phi) is 28.2. The van der Waals surface area contributed by atoms with Crippen molar-refractivity contribution in [2.45, 2.75) is 110 Å². The van der Waals surface area contributed by atoms with Crippen LogP contribution in [0.4, 0.5) is 17.4 Å². The highest BCUT2D eigenvalue weighted by Crippen LogP contribution is 2.51. The second-order valence-corrected chi connectivity index (χ2v) is 20.7. The number of aldehydes is 4. The smallest absolute Gasteiger partial charge is 0.298 e. The molecule has 1 aliphatic carbocycles. The maximum atomic E-state index is 12.2. The van der Waals surface area contributed by atoms with Gasteiger partial charge in [-0.1, -0.05) is 74.8 Å². The van der Waals surface area contributed by atoms with E-state index >= 15 is 0 Å². The molecular formula is C60H83ClN6O9S. The van der Waals surface area contributed by atoms with E-state index in [9.17, 15) is 19.2 Å². The van der Waals surface area contributed by atoms with Crippen LogP contribution >= 0.6 is 22.9 Å². The number of anilines is 3. The highest BCUT2D eigenvalue weighted by Gasteiger charge is 2.44. The Balaban J connectivity index is 0.000000365. The van der Waals surface area contributed by atoms with Crippen molar-refractivity contribution in [3.8, 4) is 16.2 Å². The number of nitrogens with zero attached hydrogens (tertiary/aromatic N) is 3. The summed E-state index contributed by atoms with van der Waals surface area (Å²) in [6.07, 6.45) is 9.55. The van der Waals surface area contributed by atoms with Crippen LogP contribution in [0.3, 0.4) is 0 Å². The zero-order valence-corrected chi connectivity index (χ0v) is 48.6. The lowest BCUT2D eigenvalue weighted by molar-refractivity contribution is -0.110. The highest BCUT2D eigenvalue weighted by molar-refractivity contribution is 7.16. The number of nitrogens with one attached hydrogen (secondary N) is 3. The maximum Gasteiger partial charge on any atom is 0.298 e. The van der Waals surface area contributed by atoms with Crippen LogP contribution in [0.5, 0.6) is 5.75 Å². The van der Waals surface area contributed by atoms with Crippen molar-refractivity contribution in [3.05, 3.63) is 99.4 Å². The molecule has 2 bridgehead atoms. The molecule has 9 rings (SSSR count). The topological polar surface area (TPSA) is 204 Å². The van der Waals surface area contributed by atoms with Gasteiger partial charge >= 0.3 is 0 Å². The minimum atomic E-state index is -0.442. The van der Waals surface area contributed by atoms with E-state index in [1.54, 1.807) is 11.3 Å². The molecule has 17 heteroatoms. The van der Waals surface area contributed by atoms with Gasteiger partial charge in [-0.2, -0.15) is 4.98 Å². The first-order valence-corrected chi connectivity index (χ1v) is 27.6. The third kappa shape index (κ3) is 16.7. The Bertz CT molecular complexity index is 2750. The molecule has 4 heterocycles. The molecular weight excluding hydrogens is 1020 g/mol. The largest absolute Gasteiger partial charge is 0.483 e. The fourth-order valence-corrected chi connectivity index (χ4v) is 12.0. The quantitative estimate of drug-likeness (QED) is 0.0572. The first-order valence-electron chi connectivity index (χ1n) is 26.4. The number of aromatic nitrogens is 1. The number of benzene rings is 4. The number of halogens is 1. The van der Waals surface area contributed by atoms with Gasteiger partial charge in [-0.25, -0.2) is 0 Å². The average molecular weight is 1100 g/mol. The summed E-state index contributed by atoms with van der Waals surface area (Å²) in [5.41, 5.74) is 8.04. The summed E-state index contributed by atoms with van der Waals surface area (Å²) >= 11 is 8.11. The molecule has 77 heavy (non-hydrogen) atoms. The molecule has 6 aromatic rings. The van der Waals surface area contributed by atoms with Crippen molar-refractivity contribution in [1.82, 2.24) is 15.6 Å². The van der Waals surface area contributed by atoms with Crippen LogP contribution < -0.4 is 30.5 Å². The van der Waals surface area contributed by atoms with Crippen molar-refractivity contribution in [2.24, 2.45) is 11.8 Å². The second-order valence-electron chi connectivity index (χ2n) is 19.1. The molecule has 4 atom stereocenters. The van der Waals surface area contributed by atoms with Crippen molar-refractivity contribution >= 4 is 94.1 Å². The van der Waals surface area contributed by atoms with Crippen LogP contribution in [0.25, 0.3) is 32.3 Å². The Morgan fingerprint density at radius 3 is 2.25 bits per heavy atom. The molecule has 5 N–H and O–H groups in total. The molecule has 15 nitrogen and oxygen atoms in total. The summed E-state index contributed by atoms with van der Waals surface area (Å²) in [4.78, 5) is 64.7. The Morgan fingerprint density at radius 1 is 0.961 bits per heavy atom. The predicted octanol–water partition coefficient (Wildman–Crippen LogP) is 10.8. The van der Waals surface area contributed by atoms with Gasteiger partial charge in [0.2, 0.25) is 0 Å². The van der Waals surface area contributed by atoms with Gasteiger partial charge in [0.05, 0.1) is 10.9 Å². The number of hydrogen-bond acceptors (Lipinski definition) is 16. The van der Waals surface area contributed by atoms with Crippen LogP contribution in [0, 0.1) is 18.8 Å². The summed E-state index contributed by atoms with van der Waals surface area (Å²) < 4.78 is 11.7. The van der Waals surface area contributed by atoms with Gasteiger partial charge in [0.15, 0.2) is 23.9 Å². The first kappa shape index (κ1) is 65.3. The Hall–Kier alpha value is -6.01. The number of likely N-dealkylation sites (N-methyl/N-ethyl adjacent to an activating group) is 1. The van der Waals surface area contributed by atoms with Gasteiger partial charge < -0.3 is 59.5 Å². The summed E-state index contributed by atoms with van der Waals surface area (Å²) in [7, 11) is 7.62. The van der Waals surface area contributed by atoms with Gasteiger partial charge in [-0.15, -0.1) is 11.3 Å². The molecule has 0 radical (unpaired) electrons. The number of ether oxygens (including phenoxy) is 1. The number of aryl methyl sites for hydroxylation is 2. The minimum absolute atomic E-state index is 0.0177. The number of carbonyl (C=O) groups is 5. The number of fused-ring (bicyclic) bond motifs is 4. The zero-order chi connectivity index (χ0) is 57.2. The monoisotopic (exact) mass is 1100 g/mol. The Morgan fingerprint density at radius 2 is 1.64 bits per heavy atom. The van der Waals surface area contributed by atoms with E-state index in [-0.39, 0.29) is 12.1 Å². The standard InChI is InChI=1S/C33H35N3O4.C20H25ClN2O2S.C2H7N.C2H6.2CH4O.CH2O/c1-3-21-9-14-30-28(16-21)34-33(40-30)36-17-22-10-11-23(18-36)31(22)27-12-13-29(35(2)25(20-39)7-5-15-37)32-24(19-38)6-4-8-26(27)32;1-13-18(25-10-9-24)17(21)19(26-13)14-5-4-6-15(11-14)23-16-7-8-22-20(2,3)12-16;1-3-2;4*1-2/h4,6,8-9,12-16,19-20,22-23,25,31H,3,5,7,10-11,17-18H2,1-2H3;4-6,9,11,16,22-23H,7-8,10,12H2,1-3H3;3H,1-2H3;1-2H3;2*2H,1H3;1H2. The van der Waals surface area contributed by atoms with Gasteiger partial charge in [0.25, 0.3) is 6.01 Å². The zero-order valence-electron chi connectivity index (χ0n) is 47.0. The molecule has 4 aromatic carbocycles. The molecule has 420 valence electrons. The van der Waals surface area contributed by atoms with Crippen LogP contribution in [-0.4, -0.2) is 126 Å². The van der Waals surface area contributed by atoms with E-state index in [1.807, 2.05) is 77.9 Å². The Labute approximate surface area is 465 Å². The number of rotatable bonds is 16. The lowest BCUT2D eigenvalue weighted by Crippen LogP contribution is -2.49. The van der Waals surface area contributed by atoms with Gasteiger partial charge in [0.1, 0.15) is 36.5 Å². The number of aliphatic hydroxyl groups excluding tert-OH is 2. The van der Waals surface area contributed by atoms with Crippen LogP contribution in [0.1, 0.15) is 105 Å². The van der Waals surface area contributed by atoms with Gasteiger partial charge in [0, 0.05) is 79.6 Å². The van der Waals surface area contributed by atoms with Crippen LogP contribution in [0.2, 0.25) is 5.02 Å². The number of carbonyl (C=O) groups excluding carboxylic acids is 5. The fraction of sp³-hybridized carbons (Fsp3) is 0.467. The maximum absolute atomic E-state index is 12.2. The van der Waals surface area contributed by atoms with Crippen molar-refractivity contribution in [3.63, 3.8) is 0 Å². The van der Waals surface area contributed by atoms with E-state index in [1.165, 1.54) is 11.1 Å². The molecule has 0 amide bonds. The number of thiophene rings is 1. The molecule has 4 unspecified atom stereocenters. The molecule has 2 aromatic heterocycles. The molecule has 2 saturated heterocycles. The van der Waals surface area contributed by atoms with Crippen molar-refractivity contribution < 1.29 is 43.3 Å². The lowest BCUT2D eigenvalue weighted by Gasteiger charge is -2.38. The van der Waals surface area contributed by atoms with Crippen molar-refractivity contribution in [2.75, 3.05) is 76.7 Å². The van der Waals surface area contributed by atoms with E-state index in [0.29, 0.717) is 59.0 Å². The normalized spacial score (nSPS) is 17.9. The number of piperidine rings is 2. The van der Waals surface area contributed by atoms with Crippen LogP contribution in [0.15, 0.2) is 77.2 Å². The SMILES string of the molecule is C=O.CC.CCc1ccc2oc(N3CC4CCC(C3)C4c3ccc(N(C)C(C=O)CCC=O)c4c(C=O)cccc34)nc2c1.CNC.CO.CO.Cc1sc(-c2cccc(NC3CCNC(C)(C)C3)c2)c(Cl)c1OCC=O. The number of hydrogen-bond donors (Lipinski definition) is 5. The van der Waals surface area contributed by atoms with E-state index in [2.05, 4.69) is 90.2 Å². The van der Waals surface area contributed by atoms with E-state index < -0.39 is 6.04 Å². The van der Waals surface area contributed by atoms with Crippen LogP contribution in [-0.2, 0) is 25.6 Å². The lowest BCUT2D eigenvalue weighted by atomic mass is 9.77. The number of aliphatic hydroxyl groups is 2. The third-order valence-electron chi connectivity index (χ3n) is 13.8. The summed E-state index contributed by atoms with van der Waals surface area (Å²) in [6.45, 7) is 17.4. The molecule has 3 fully saturated rings. The number of oxazole rings is 1. The second kappa shape index (κ2) is 33.3. The summed E-state index contributed by atoms with van der Waals surface area (Å²) in [5, 5.41) is 26.5. The molecule has 3 aliphatic rings. The summed E-state index contributed by atoms with van der Waals surface area (Å²) in [5.74, 6) is 1.87. The third-order valence-corrected chi connectivity index (χ3v) is 15.4. The highest BCUT2D eigenvalue weighted by atomic mass is 35.5. The predicted molar refractivity (Wildman–Crippen MR) is 317 cm³/mol. The molecule has 0 spiro atoms. The fourth-order valence-electron chi connectivity index (χ4n) is 10.5. The van der Waals surface area contributed by atoms with Gasteiger partial charge in [-0.3, -0.25) is 9.59 Å².